The van der Waals surface area contributed by atoms with E-state index < -0.39 is 5.41 Å². The molecule has 1 aliphatic carbocycles. The van der Waals surface area contributed by atoms with E-state index in [1.807, 2.05) is 24.3 Å². The largest absolute Gasteiger partial charge is 0.516 e. The molecule has 0 aromatic heterocycles. The van der Waals surface area contributed by atoms with Crippen molar-refractivity contribution < 1.29 is 10.2 Å². The lowest BCUT2D eigenvalue weighted by Crippen LogP contribution is -2.14. The molecule has 0 bridgehead atoms. The third kappa shape index (κ3) is 1.11. The van der Waals surface area contributed by atoms with Crippen LogP contribution in [0, 0.1) is 5.41 Å². The second-order valence-electron chi connectivity index (χ2n) is 2.30. The summed E-state index contributed by atoms with van der Waals surface area (Å²) in [6.45, 7) is -0.00292. The molecule has 54 valence electrons. The van der Waals surface area contributed by atoms with Crippen LogP contribution in [0.3, 0.4) is 0 Å². The first kappa shape index (κ1) is 7.09. The van der Waals surface area contributed by atoms with Gasteiger partial charge in [0, 0.05) is 0 Å². The van der Waals surface area contributed by atoms with Gasteiger partial charge >= 0.3 is 0 Å². The van der Waals surface area contributed by atoms with E-state index in [0.29, 0.717) is 0 Å². The quantitative estimate of drug-likeness (QED) is 0.562. The minimum atomic E-state index is -0.450. The standard InChI is InChI=1S/C8H10O2/c9-6-5-8(7-10)3-1-2-4-8/h1-6,9-10H,7H2/b6-5+. The van der Waals surface area contributed by atoms with Crippen molar-refractivity contribution in [2.75, 3.05) is 6.61 Å². The predicted molar refractivity (Wildman–Crippen MR) is 39.6 cm³/mol. The van der Waals surface area contributed by atoms with E-state index in [2.05, 4.69) is 0 Å². The third-order valence-electron chi connectivity index (χ3n) is 1.58. The lowest BCUT2D eigenvalue weighted by molar-refractivity contribution is 0.236. The monoisotopic (exact) mass is 138 g/mol. The summed E-state index contributed by atoms with van der Waals surface area (Å²) >= 11 is 0. The number of aliphatic hydroxyl groups is 2. The topological polar surface area (TPSA) is 40.5 Å². The number of aliphatic hydroxyl groups excluding tert-OH is 2. The molecule has 0 heterocycles. The van der Waals surface area contributed by atoms with Gasteiger partial charge in [0.1, 0.15) is 0 Å². The lowest BCUT2D eigenvalue weighted by Gasteiger charge is -2.15. The Hall–Kier alpha value is -1.02. The summed E-state index contributed by atoms with van der Waals surface area (Å²) in [6.07, 6.45) is 9.86. The first-order valence-electron chi connectivity index (χ1n) is 3.13. The molecular weight excluding hydrogens is 128 g/mol. The molecule has 0 aromatic carbocycles. The fraction of sp³-hybridized carbons (Fsp3) is 0.250. The second-order valence-corrected chi connectivity index (χ2v) is 2.30. The summed E-state index contributed by atoms with van der Waals surface area (Å²) in [7, 11) is 0. The normalized spacial score (nSPS) is 20.9. The van der Waals surface area contributed by atoms with Gasteiger partial charge in [-0.25, -0.2) is 0 Å². The van der Waals surface area contributed by atoms with E-state index >= 15 is 0 Å². The zero-order valence-electron chi connectivity index (χ0n) is 5.57. The van der Waals surface area contributed by atoms with Gasteiger partial charge in [-0.1, -0.05) is 24.3 Å². The predicted octanol–water partition coefficient (Wildman–Crippen LogP) is 1.16. The van der Waals surface area contributed by atoms with Crippen LogP contribution in [0.25, 0.3) is 0 Å². The van der Waals surface area contributed by atoms with Crippen LogP contribution in [0.2, 0.25) is 0 Å². The maximum Gasteiger partial charge on any atom is 0.0764 e. The Bertz CT molecular complexity index is 177. The zero-order valence-corrected chi connectivity index (χ0v) is 5.57. The summed E-state index contributed by atoms with van der Waals surface area (Å²) < 4.78 is 0. The molecule has 2 heteroatoms. The van der Waals surface area contributed by atoms with E-state index in [1.54, 1.807) is 6.08 Å². The molecule has 0 unspecified atom stereocenters. The summed E-state index contributed by atoms with van der Waals surface area (Å²) in [4.78, 5) is 0. The Kier molecular flexibility index (Phi) is 1.92. The number of allylic oxidation sites excluding steroid dienone is 2. The van der Waals surface area contributed by atoms with Crippen LogP contribution in [0.15, 0.2) is 36.6 Å². The van der Waals surface area contributed by atoms with Crippen LogP contribution in [-0.2, 0) is 0 Å². The van der Waals surface area contributed by atoms with E-state index in [-0.39, 0.29) is 6.61 Å². The Morgan fingerprint density at radius 1 is 1.30 bits per heavy atom. The van der Waals surface area contributed by atoms with E-state index in [1.165, 1.54) is 0 Å². The van der Waals surface area contributed by atoms with Crippen molar-refractivity contribution in [1.29, 1.82) is 0 Å². The number of hydrogen-bond donors (Lipinski definition) is 2. The molecular formula is C8H10O2. The van der Waals surface area contributed by atoms with Crippen molar-refractivity contribution in [3.8, 4) is 0 Å². The highest BCUT2D eigenvalue weighted by Crippen LogP contribution is 2.26. The SMILES string of the molecule is O/C=C/C1(CO)C=CC=C1. The van der Waals surface area contributed by atoms with Gasteiger partial charge in [-0.15, -0.1) is 0 Å². The van der Waals surface area contributed by atoms with E-state index in [4.69, 9.17) is 10.2 Å². The Balaban J connectivity index is 2.79. The highest BCUT2D eigenvalue weighted by atomic mass is 16.3. The van der Waals surface area contributed by atoms with Crippen LogP contribution >= 0.6 is 0 Å². The fourth-order valence-electron chi connectivity index (χ4n) is 0.933. The van der Waals surface area contributed by atoms with Crippen LogP contribution in [0.1, 0.15) is 0 Å². The van der Waals surface area contributed by atoms with Gasteiger partial charge in [-0.05, 0) is 6.08 Å². The third-order valence-corrected chi connectivity index (χ3v) is 1.58. The highest BCUT2D eigenvalue weighted by molar-refractivity contribution is 5.30. The smallest absolute Gasteiger partial charge is 0.0764 e. The van der Waals surface area contributed by atoms with E-state index in [0.717, 1.165) is 6.26 Å². The van der Waals surface area contributed by atoms with Crippen molar-refractivity contribution in [3.05, 3.63) is 36.6 Å². The van der Waals surface area contributed by atoms with Crippen molar-refractivity contribution in [2.24, 2.45) is 5.41 Å². The summed E-state index contributed by atoms with van der Waals surface area (Å²) in [6, 6.07) is 0. The summed E-state index contributed by atoms with van der Waals surface area (Å²) in [5.74, 6) is 0. The molecule has 0 spiro atoms. The fourth-order valence-corrected chi connectivity index (χ4v) is 0.933. The molecule has 2 nitrogen and oxygen atoms in total. The summed E-state index contributed by atoms with van der Waals surface area (Å²) in [5, 5.41) is 17.3. The van der Waals surface area contributed by atoms with Gasteiger partial charge in [0.15, 0.2) is 0 Å². The molecule has 0 atom stereocenters. The highest BCUT2D eigenvalue weighted by Gasteiger charge is 2.20. The first-order chi connectivity index (χ1) is 4.83. The minimum absolute atomic E-state index is 0.00292. The first-order valence-corrected chi connectivity index (χ1v) is 3.13. The molecule has 10 heavy (non-hydrogen) atoms. The van der Waals surface area contributed by atoms with Gasteiger partial charge in [0.2, 0.25) is 0 Å². The molecule has 1 rings (SSSR count). The van der Waals surface area contributed by atoms with Gasteiger partial charge in [-0.2, -0.15) is 0 Å². The minimum Gasteiger partial charge on any atom is -0.516 e. The molecule has 0 aromatic rings. The average molecular weight is 138 g/mol. The van der Waals surface area contributed by atoms with E-state index in [9.17, 15) is 0 Å². The molecule has 2 N–H and O–H groups in total. The Labute approximate surface area is 59.8 Å². The maximum absolute atomic E-state index is 8.88. The molecule has 0 radical (unpaired) electrons. The molecule has 0 aliphatic heterocycles. The molecule has 0 amide bonds. The number of rotatable bonds is 2. The maximum atomic E-state index is 8.88. The zero-order chi connectivity index (χ0) is 7.45. The Morgan fingerprint density at radius 3 is 2.30 bits per heavy atom. The van der Waals surface area contributed by atoms with Crippen molar-refractivity contribution >= 4 is 0 Å². The molecule has 1 aliphatic rings. The van der Waals surface area contributed by atoms with Crippen molar-refractivity contribution in [1.82, 2.24) is 0 Å². The summed E-state index contributed by atoms with van der Waals surface area (Å²) in [5.41, 5.74) is -0.450. The lowest BCUT2D eigenvalue weighted by atomic mass is 9.92. The van der Waals surface area contributed by atoms with Crippen LogP contribution in [0.4, 0.5) is 0 Å². The average Bonchev–Trinajstić information content (AvgIpc) is 2.39. The van der Waals surface area contributed by atoms with Crippen molar-refractivity contribution in [2.45, 2.75) is 0 Å². The Morgan fingerprint density at radius 2 is 1.90 bits per heavy atom. The second kappa shape index (κ2) is 2.71. The van der Waals surface area contributed by atoms with Gasteiger partial charge in [0.25, 0.3) is 0 Å². The number of hydrogen-bond acceptors (Lipinski definition) is 2. The van der Waals surface area contributed by atoms with Crippen LogP contribution in [-0.4, -0.2) is 16.8 Å². The van der Waals surface area contributed by atoms with Crippen LogP contribution in [0.5, 0.6) is 0 Å². The molecule has 0 saturated carbocycles. The van der Waals surface area contributed by atoms with Crippen LogP contribution < -0.4 is 0 Å². The van der Waals surface area contributed by atoms with Gasteiger partial charge < -0.3 is 10.2 Å². The molecule has 0 saturated heterocycles. The van der Waals surface area contributed by atoms with Gasteiger partial charge in [-0.3, -0.25) is 0 Å². The van der Waals surface area contributed by atoms with Crippen molar-refractivity contribution in [3.63, 3.8) is 0 Å². The van der Waals surface area contributed by atoms with Gasteiger partial charge in [0.05, 0.1) is 18.3 Å². The molecule has 0 fully saturated rings.